The lowest BCUT2D eigenvalue weighted by molar-refractivity contribution is 1.43. The van der Waals surface area contributed by atoms with Gasteiger partial charge in [0.2, 0.25) is 0 Å². The second kappa shape index (κ2) is 2.63. The van der Waals surface area contributed by atoms with Gasteiger partial charge in [-0.2, -0.15) is 0 Å². The zero-order chi connectivity index (χ0) is 7.84. The molecule has 1 nitrogen and oxygen atoms in total. The van der Waals surface area contributed by atoms with Crippen molar-refractivity contribution in [3.05, 3.63) is 27.7 Å². The minimum Gasteiger partial charge on any atom is -0.254 e. The molecule has 11 heavy (non-hydrogen) atoms. The third-order valence-electron chi connectivity index (χ3n) is 1.37. The molecule has 0 saturated heterocycles. The van der Waals surface area contributed by atoms with Crippen molar-refractivity contribution in [1.82, 2.24) is 4.98 Å². The lowest BCUT2D eigenvalue weighted by atomic mass is 10.4. The topological polar surface area (TPSA) is 12.9 Å². The van der Waals surface area contributed by atoms with Gasteiger partial charge in [-0.05, 0) is 11.4 Å². The summed E-state index contributed by atoms with van der Waals surface area (Å²) in [5.74, 6) is 0. The normalized spacial score (nSPS) is 10.7. The van der Waals surface area contributed by atoms with Crippen LogP contribution in [0, 0.1) is 0 Å². The smallest absolute Gasteiger partial charge is 0.0826 e. The Labute approximate surface area is 77.6 Å². The van der Waals surface area contributed by atoms with E-state index in [9.17, 15) is 0 Å². The van der Waals surface area contributed by atoms with Crippen LogP contribution in [0.1, 0.15) is 0 Å². The standard InChI is InChI=1S/C7H3Cl2NS/c8-4-3-10-5-1-2-11-7(5)6(4)9/h1-3H. The first-order valence-corrected chi connectivity index (χ1v) is 4.60. The molecule has 0 atom stereocenters. The van der Waals surface area contributed by atoms with E-state index < -0.39 is 0 Å². The number of hydrogen-bond acceptors (Lipinski definition) is 2. The monoisotopic (exact) mass is 203 g/mol. The summed E-state index contributed by atoms with van der Waals surface area (Å²) in [6, 6.07) is 1.92. The van der Waals surface area contributed by atoms with Crippen molar-refractivity contribution >= 4 is 44.8 Å². The van der Waals surface area contributed by atoms with Gasteiger partial charge in [-0.15, -0.1) is 11.3 Å². The summed E-state index contributed by atoms with van der Waals surface area (Å²) in [7, 11) is 0. The van der Waals surface area contributed by atoms with E-state index in [2.05, 4.69) is 4.98 Å². The van der Waals surface area contributed by atoms with E-state index >= 15 is 0 Å². The lowest BCUT2D eigenvalue weighted by Crippen LogP contribution is -1.73. The molecule has 0 spiro atoms. The Morgan fingerprint density at radius 3 is 3.00 bits per heavy atom. The molecule has 2 heterocycles. The second-order valence-electron chi connectivity index (χ2n) is 2.06. The molecule has 56 valence electrons. The maximum Gasteiger partial charge on any atom is 0.0826 e. The fourth-order valence-corrected chi connectivity index (χ4v) is 2.13. The van der Waals surface area contributed by atoms with Crippen LogP contribution in [0.5, 0.6) is 0 Å². The number of halogens is 2. The average Bonchev–Trinajstić information content (AvgIpc) is 2.45. The van der Waals surface area contributed by atoms with Crippen molar-refractivity contribution < 1.29 is 0 Å². The summed E-state index contributed by atoms with van der Waals surface area (Å²) in [5.41, 5.74) is 0.907. The van der Waals surface area contributed by atoms with Crippen molar-refractivity contribution in [3.63, 3.8) is 0 Å². The van der Waals surface area contributed by atoms with Crippen LogP contribution >= 0.6 is 34.5 Å². The predicted octanol–water partition coefficient (Wildman–Crippen LogP) is 3.60. The molecular weight excluding hydrogens is 201 g/mol. The lowest BCUT2D eigenvalue weighted by Gasteiger charge is -1.94. The minimum absolute atomic E-state index is 0.515. The highest BCUT2D eigenvalue weighted by molar-refractivity contribution is 7.17. The van der Waals surface area contributed by atoms with Crippen molar-refractivity contribution in [2.45, 2.75) is 0 Å². The van der Waals surface area contributed by atoms with Gasteiger partial charge in [-0.3, -0.25) is 4.98 Å². The SMILES string of the molecule is Clc1cnc2ccsc2c1Cl. The van der Waals surface area contributed by atoms with Crippen LogP contribution in [-0.2, 0) is 0 Å². The van der Waals surface area contributed by atoms with Crippen molar-refractivity contribution in [3.8, 4) is 0 Å². The zero-order valence-corrected chi connectivity index (χ0v) is 7.67. The molecule has 2 rings (SSSR count). The van der Waals surface area contributed by atoms with Crippen molar-refractivity contribution in [2.75, 3.05) is 0 Å². The number of fused-ring (bicyclic) bond motifs is 1. The summed E-state index contributed by atoms with van der Waals surface area (Å²) >= 11 is 13.2. The highest BCUT2D eigenvalue weighted by atomic mass is 35.5. The number of rotatable bonds is 0. The Balaban J connectivity index is 2.93. The average molecular weight is 204 g/mol. The van der Waals surface area contributed by atoms with Crippen LogP contribution < -0.4 is 0 Å². The third-order valence-corrected chi connectivity index (χ3v) is 3.18. The van der Waals surface area contributed by atoms with E-state index in [1.54, 1.807) is 17.5 Å². The van der Waals surface area contributed by atoms with Crippen LogP contribution in [0.3, 0.4) is 0 Å². The molecule has 0 aromatic carbocycles. The van der Waals surface area contributed by atoms with Gasteiger partial charge in [0, 0.05) is 6.20 Å². The molecular formula is C7H3Cl2NS. The zero-order valence-electron chi connectivity index (χ0n) is 5.34. The highest BCUT2D eigenvalue weighted by Gasteiger charge is 2.04. The Hall–Kier alpha value is -0.310. The van der Waals surface area contributed by atoms with Crippen LogP contribution in [0.4, 0.5) is 0 Å². The number of hydrogen-bond donors (Lipinski definition) is 0. The third kappa shape index (κ3) is 1.11. The van der Waals surface area contributed by atoms with E-state index in [-0.39, 0.29) is 0 Å². The molecule has 0 aliphatic carbocycles. The molecule has 0 unspecified atom stereocenters. The number of thiophene rings is 1. The quantitative estimate of drug-likeness (QED) is 0.638. The van der Waals surface area contributed by atoms with Crippen molar-refractivity contribution in [2.24, 2.45) is 0 Å². The molecule has 2 aromatic rings. The van der Waals surface area contributed by atoms with Gasteiger partial charge < -0.3 is 0 Å². The van der Waals surface area contributed by atoms with Gasteiger partial charge in [0.25, 0.3) is 0 Å². The van der Waals surface area contributed by atoms with Gasteiger partial charge in [-0.1, -0.05) is 23.2 Å². The molecule has 0 radical (unpaired) electrons. The molecule has 0 amide bonds. The second-order valence-corrected chi connectivity index (χ2v) is 3.76. The number of pyridine rings is 1. The summed E-state index contributed by atoms with van der Waals surface area (Å²) in [6.07, 6.45) is 1.57. The van der Waals surface area contributed by atoms with E-state index in [0.29, 0.717) is 10.0 Å². The van der Waals surface area contributed by atoms with Crippen molar-refractivity contribution in [1.29, 1.82) is 0 Å². The van der Waals surface area contributed by atoms with E-state index in [0.717, 1.165) is 10.2 Å². The fraction of sp³-hybridized carbons (Fsp3) is 0. The predicted molar refractivity (Wildman–Crippen MR) is 49.6 cm³/mol. The van der Waals surface area contributed by atoms with Crippen LogP contribution in [0.25, 0.3) is 10.2 Å². The van der Waals surface area contributed by atoms with Gasteiger partial charge >= 0.3 is 0 Å². The summed E-state index contributed by atoms with van der Waals surface area (Å²) in [5, 5.41) is 3.06. The molecule has 0 N–H and O–H groups in total. The molecule has 0 fully saturated rings. The van der Waals surface area contributed by atoms with Crippen LogP contribution in [-0.4, -0.2) is 4.98 Å². The van der Waals surface area contributed by atoms with E-state index in [1.807, 2.05) is 11.4 Å². The molecule has 0 bridgehead atoms. The molecule has 0 aliphatic rings. The van der Waals surface area contributed by atoms with E-state index in [4.69, 9.17) is 23.2 Å². The Morgan fingerprint density at radius 2 is 2.18 bits per heavy atom. The fourth-order valence-electron chi connectivity index (χ4n) is 0.860. The molecule has 0 saturated carbocycles. The number of aromatic nitrogens is 1. The van der Waals surface area contributed by atoms with Gasteiger partial charge in [-0.25, -0.2) is 0 Å². The van der Waals surface area contributed by atoms with Crippen LogP contribution in [0.15, 0.2) is 17.6 Å². The summed E-state index contributed by atoms with van der Waals surface area (Å²) < 4.78 is 0.958. The van der Waals surface area contributed by atoms with Gasteiger partial charge in [0.15, 0.2) is 0 Å². The van der Waals surface area contributed by atoms with E-state index in [1.165, 1.54) is 0 Å². The first-order valence-electron chi connectivity index (χ1n) is 2.96. The summed E-state index contributed by atoms with van der Waals surface area (Å²) in [6.45, 7) is 0. The molecule has 2 aromatic heterocycles. The Kier molecular flexibility index (Phi) is 1.75. The Morgan fingerprint density at radius 1 is 1.36 bits per heavy atom. The first kappa shape index (κ1) is 7.35. The largest absolute Gasteiger partial charge is 0.254 e. The van der Waals surface area contributed by atoms with Gasteiger partial charge in [0.05, 0.1) is 20.3 Å². The molecule has 0 aliphatic heterocycles. The molecule has 4 heteroatoms. The first-order chi connectivity index (χ1) is 5.29. The van der Waals surface area contributed by atoms with Gasteiger partial charge in [0.1, 0.15) is 0 Å². The Bertz CT molecular complexity index is 396. The summed E-state index contributed by atoms with van der Waals surface area (Å²) in [4.78, 5) is 4.10. The maximum atomic E-state index is 5.91. The number of nitrogens with zero attached hydrogens (tertiary/aromatic N) is 1. The minimum atomic E-state index is 0.515. The maximum absolute atomic E-state index is 5.91. The van der Waals surface area contributed by atoms with Crippen LogP contribution in [0.2, 0.25) is 10.0 Å². The highest BCUT2D eigenvalue weighted by Crippen LogP contribution is 2.32.